The summed E-state index contributed by atoms with van der Waals surface area (Å²) in [5.74, 6) is -1.18. The van der Waals surface area contributed by atoms with Gasteiger partial charge in [0.2, 0.25) is 0 Å². The van der Waals surface area contributed by atoms with Crippen LogP contribution in [-0.4, -0.2) is 23.1 Å². The summed E-state index contributed by atoms with van der Waals surface area (Å²) in [5.41, 5.74) is 3.50. The molecule has 1 aliphatic heterocycles. The Morgan fingerprint density at radius 1 is 0.906 bits per heavy atom. The van der Waals surface area contributed by atoms with Crippen LogP contribution in [-0.2, 0) is 6.54 Å². The predicted octanol–water partition coefficient (Wildman–Crippen LogP) is 5.73. The zero-order valence-corrected chi connectivity index (χ0v) is 17.4. The number of piperidine rings is 1. The van der Waals surface area contributed by atoms with Crippen LogP contribution in [0.4, 0.5) is 18.9 Å². The van der Waals surface area contributed by atoms with Gasteiger partial charge in [0.05, 0.1) is 0 Å². The van der Waals surface area contributed by atoms with Gasteiger partial charge in [-0.3, -0.25) is 0 Å². The van der Waals surface area contributed by atoms with E-state index >= 15 is 0 Å². The molecule has 7 heteroatoms. The number of aromatic nitrogens is 2. The molecule has 0 radical (unpaired) electrons. The van der Waals surface area contributed by atoms with Crippen molar-refractivity contribution >= 4 is 16.7 Å². The molecule has 2 aromatic carbocycles. The Bertz CT molecular complexity index is 1240. The number of nitrogens with one attached hydrogen (secondary N) is 3. The number of hydrogen-bond acceptors (Lipinski definition) is 3. The van der Waals surface area contributed by atoms with Crippen LogP contribution in [0, 0.1) is 17.5 Å². The van der Waals surface area contributed by atoms with Gasteiger partial charge in [-0.2, -0.15) is 0 Å². The van der Waals surface area contributed by atoms with Crippen molar-refractivity contribution in [2.45, 2.75) is 25.3 Å². The number of hydrogen-bond donors (Lipinski definition) is 3. The van der Waals surface area contributed by atoms with E-state index in [1.165, 1.54) is 24.3 Å². The molecule has 0 atom stereocenters. The summed E-state index contributed by atoms with van der Waals surface area (Å²) in [6.07, 6.45) is 3.75. The molecule has 3 N–H and O–H groups in total. The number of pyridine rings is 1. The molecule has 1 aliphatic rings. The van der Waals surface area contributed by atoms with E-state index in [0.717, 1.165) is 48.2 Å². The topological polar surface area (TPSA) is 52.7 Å². The fourth-order valence-electron chi connectivity index (χ4n) is 4.37. The van der Waals surface area contributed by atoms with Crippen LogP contribution in [0.2, 0.25) is 0 Å². The molecule has 0 aliphatic carbocycles. The number of H-pyrrole nitrogens is 1. The number of benzene rings is 2. The maximum atomic E-state index is 14.8. The Hall–Kier alpha value is -3.32. The van der Waals surface area contributed by atoms with Crippen molar-refractivity contribution in [2.75, 3.05) is 18.4 Å². The first-order chi connectivity index (χ1) is 15.6. The average Bonchev–Trinajstić information content (AvgIpc) is 3.25. The zero-order valence-electron chi connectivity index (χ0n) is 17.4. The van der Waals surface area contributed by atoms with E-state index in [-0.39, 0.29) is 17.9 Å². The monoisotopic (exact) mass is 436 g/mol. The molecule has 5 rings (SSSR count). The molecule has 0 amide bonds. The minimum atomic E-state index is -0.617. The van der Waals surface area contributed by atoms with Crippen LogP contribution in [0.1, 0.15) is 30.0 Å². The van der Waals surface area contributed by atoms with E-state index in [0.29, 0.717) is 17.2 Å². The molecule has 32 heavy (non-hydrogen) atoms. The normalized spacial score (nSPS) is 14.7. The highest BCUT2D eigenvalue weighted by Crippen LogP contribution is 2.34. The highest BCUT2D eigenvalue weighted by atomic mass is 19.1. The van der Waals surface area contributed by atoms with Gasteiger partial charge in [-0.1, -0.05) is 6.07 Å². The standard InChI is InChI=1S/C25H23F3N4/c26-21-2-1-3-22(27)20(21)14-31-16-4-5-23(28)18(12-16)17-8-11-30-25-19(17)13-24(32-25)15-6-9-29-10-7-15/h1-5,8,11-13,15,29,31H,6-7,9-10,14H2,(H,30,32). The minimum Gasteiger partial charge on any atom is -0.381 e. The van der Waals surface area contributed by atoms with Gasteiger partial charge in [0, 0.05) is 46.6 Å². The summed E-state index contributed by atoms with van der Waals surface area (Å²) >= 11 is 0. The summed E-state index contributed by atoms with van der Waals surface area (Å²) in [6, 6.07) is 12.2. The smallest absolute Gasteiger partial charge is 0.138 e. The highest BCUT2D eigenvalue weighted by Gasteiger charge is 2.19. The largest absolute Gasteiger partial charge is 0.381 e. The summed E-state index contributed by atoms with van der Waals surface area (Å²) < 4.78 is 42.7. The molecule has 0 bridgehead atoms. The Morgan fingerprint density at radius 2 is 1.69 bits per heavy atom. The molecule has 4 nitrogen and oxygen atoms in total. The van der Waals surface area contributed by atoms with Gasteiger partial charge < -0.3 is 15.6 Å². The number of fused-ring (bicyclic) bond motifs is 1. The number of rotatable bonds is 5. The number of nitrogens with zero attached hydrogens (tertiary/aromatic N) is 1. The van der Waals surface area contributed by atoms with Crippen LogP contribution in [0.25, 0.3) is 22.2 Å². The van der Waals surface area contributed by atoms with Crippen molar-refractivity contribution in [3.05, 3.63) is 83.4 Å². The van der Waals surface area contributed by atoms with Gasteiger partial charge in [-0.25, -0.2) is 18.2 Å². The second kappa shape index (κ2) is 8.67. The van der Waals surface area contributed by atoms with Gasteiger partial charge in [-0.15, -0.1) is 0 Å². The number of aromatic amines is 1. The van der Waals surface area contributed by atoms with Crippen LogP contribution in [0.15, 0.2) is 54.7 Å². The van der Waals surface area contributed by atoms with Crippen molar-refractivity contribution in [1.82, 2.24) is 15.3 Å². The number of halogens is 3. The lowest BCUT2D eigenvalue weighted by molar-refractivity contribution is 0.455. The molecular formula is C25H23F3N4. The van der Waals surface area contributed by atoms with Crippen molar-refractivity contribution in [3.63, 3.8) is 0 Å². The fourth-order valence-corrected chi connectivity index (χ4v) is 4.37. The molecule has 0 spiro atoms. The van der Waals surface area contributed by atoms with Crippen molar-refractivity contribution in [2.24, 2.45) is 0 Å². The third kappa shape index (κ3) is 3.96. The first-order valence-electron chi connectivity index (χ1n) is 10.7. The third-order valence-corrected chi connectivity index (χ3v) is 6.12. The lowest BCUT2D eigenvalue weighted by Crippen LogP contribution is -2.26. The summed E-state index contributed by atoms with van der Waals surface area (Å²) in [4.78, 5) is 7.85. The van der Waals surface area contributed by atoms with Crippen LogP contribution >= 0.6 is 0 Å². The van der Waals surface area contributed by atoms with E-state index < -0.39 is 11.6 Å². The summed E-state index contributed by atoms with van der Waals surface area (Å²) in [6.45, 7) is 1.91. The predicted molar refractivity (Wildman–Crippen MR) is 120 cm³/mol. The molecule has 4 aromatic rings. The maximum Gasteiger partial charge on any atom is 0.138 e. The van der Waals surface area contributed by atoms with Gasteiger partial charge in [0.15, 0.2) is 0 Å². The first kappa shape index (κ1) is 20.6. The molecule has 1 fully saturated rings. The summed E-state index contributed by atoms with van der Waals surface area (Å²) in [5, 5.41) is 7.23. The van der Waals surface area contributed by atoms with Gasteiger partial charge >= 0.3 is 0 Å². The summed E-state index contributed by atoms with van der Waals surface area (Å²) in [7, 11) is 0. The SMILES string of the molecule is Fc1ccc(NCc2c(F)cccc2F)cc1-c1ccnc2[nH]c(C3CCNCC3)cc12. The van der Waals surface area contributed by atoms with Crippen molar-refractivity contribution in [3.8, 4) is 11.1 Å². The molecule has 2 aromatic heterocycles. The van der Waals surface area contributed by atoms with E-state index in [2.05, 4.69) is 26.7 Å². The Labute approximate surface area is 183 Å². The van der Waals surface area contributed by atoms with Crippen LogP contribution < -0.4 is 10.6 Å². The Morgan fingerprint density at radius 3 is 2.47 bits per heavy atom. The molecule has 1 saturated heterocycles. The van der Waals surface area contributed by atoms with Crippen LogP contribution in [0.3, 0.4) is 0 Å². The molecular weight excluding hydrogens is 413 g/mol. The zero-order chi connectivity index (χ0) is 22.1. The van der Waals surface area contributed by atoms with Crippen molar-refractivity contribution < 1.29 is 13.2 Å². The lowest BCUT2D eigenvalue weighted by atomic mass is 9.94. The van der Waals surface area contributed by atoms with Gasteiger partial charge in [-0.05, 0) is 74.0 Å². The van der Waals surface area contributed by atoms with E-state index in [1.54, 1.807) is 24.4 Å². The Balaban J connectivity index is 1.47. The fraction of sp³-hybridized carbons (Fsp3) is 0.240. The quantitative estimate of drug-likeness (QED) is 0.375. The molecule has 164 valence electrons. The average molecular weight is 436 g/mol. The second-order valence-corrected chi connectivity index (χ2v) is 8.12. The third-order valence-electron chi connectivity index (χ3n) is 6.12. The van der Waals surface area contributed by atoms with E-state index in [9.17, 15) is 13.2 Å². The van der Waals surface area contributed by atoms with Crippen molar-refractivity contribution in [1.29, 1.82) is 0 Å². The highest BCUT2D eigenvalue weighted by molar-refractivity contribution is 5.94. The van der Waals surface area contributed by atoms with Gasteiger partial charge in [0.25, 0.3) is 0 Å². The van der Waals surface area contributed by atoms with E-state index in [4.69, 9.17) is 0 Å². The van der Waals surface area contributed by atoms with Gasteiger partial charge in [0.1, 0.15) is 23.1 Å². The Kier molecular flexibility index (Phi) is 5.57. The molecule has 3 heterocycles. The molecule has 0 unspecified atom stereocenters. The number of anilines is 1. The van der Waals surface area contributed by atoms with E-state index in [1.807, 2.05) is 0 Å². The maximum absolute atomic E-state index is 14.8. The minimum absolute atomic E-state index is 0.0423. The first-order valence-corrected chi connectivity index (χ1v) is 10.7. The van der Waals surface area contributed by atoms with Crippen LogP contribution in [0.5, 0.6) is 0 Å². The molecule has 0 saturated carbocycles. The second-order valence-electron chi connectivity index (χ2n) is 8.12. The lowest BCUT2D eigenvalue weighted by Gasteiger charge is -2.21.